The molecule has 1 atom stereocenters. The summed E-state index contributed by atoms with van der Waals surface area (Å²) in [6.07, 6.45) is 3.49. The van der Waals surface area contributed by atoms with Crippen LogP contribution >= 0.6 is 11.6 Å². The normalized spacial score (nSPS) is 16.9. The van der Waals surface area contributed by atoms with Gasteiger partial charge in [-0.3, -0.25) is 14.5 Å². The number of likely N-dealkylation sites (tertiary alicyclic amines) is 1. The van der Waals surface area contributed by atoms with Crippen LogP contribution in [0.3, 0.4) is 0 Å². The van der Waals surface area contributed by atoms with Gasteiger partial charge in [0.05, 0.1) is 11.7 Å². The molecule has 1 fully saturated rings. The zero-order chi connectivity index (χ0) is 19.1. The first-order valence-electron chi connectivity index (χ1n) is 9.20. The average Bonchev–Trinajstić information content (AvgIpc) is 2.64. The molecule has 1 aromatic carbocycles. The van der Waals surface area contributed by atoms with Crippen LogP contribution in [0, 0.1) is 11.7 Å². The summed E-state index contributed by atoms with van der Waals surface area (Å²) in [4.78, 5) is 26.6. The first-order valence-corrected chi connectivity index (χ1v) is 9.57. The minimum Gasteiger partial charge on any atom is -0.356 e. The van der Waals surface area contributed by atoms with E-state index in [0.29, 0.717) is 18.1 Å². The predicted octanol–water partition coefficient (Wildman–Crippen LogP) is 3.43. The van der Waals surface area contributed by atoms with Gasteiger partial charge in [0.2, 0.25) is 11.8 Å². The van der Waals surface area contributed by atoms with Gasteiger partial charge in [0, 0.05) is 17.5 Å². The fourth-order valence-electron chi connectivity index (χ4n) is 3.08. The topological polar surface area (TPSA) is 61.4 Å². The van der Waals surface area contributed by atoms with Crippen molar-refractivity contribution in [3.05, 3.63) is 29.0 Å². The van der Waals surface area contributed by atoms with Crippen LogP contribution in [0.2, 0.25) is 5.02 Å². The summed E-state index contributed by atoms with van der Waals surface area (Å²) in [7, 11) is 0. The number of unbranched alkanes of at least 4 members (excludes halogenated alkanes) is 1. The van der Waals surface area contributed by atoms with Gasteiger partial charge in [-0.25, -0.2) is 4.39 Å². The highest BCUT2D eigenvalue weighted by Gasteiger charge is 2.29. The number of nitrogens with zero attached hydrogens (tertiary/aromatic N) is 1. The number of anilines is 1. The van der Waals surface area contributed by atoms with Crippen molar-refractivity contribution in [3.8, 4) is 0 Å². The number of rotatable bonds is 7. The van der Waals surface area contributed by atoms with Crippen molar-refractivity contribution < 1.29 is 14.0 Å². The van der Waals surface area contributed by atoms with Gasteiger partial charge in [-0.05, 0) is 57.5 Å². The van der Waals surface area contributed by atoms with Crippen molar-refractivity contribution in [1.82, 2.24) is 10.2 Å². The summed E-state index contributed by atoms with van der Waals surface area (Å²) in [5, 5.41) is 5.94. The third kappa shape index (κ3) is 5.68. The van der Waals surface area contributed by atoms with E-state index in [1.54, 1.807) is 6.92 Å². The Morgan fingerprint density at radius 2 is 2.04 bits per heavy atom. The number of halogens is 2. The van der Waals surface area contributed by atoms with E-state index in [4.69, 9.17) is 11.6 Å². The molecule has 1 heterocycles. The van der Waals surface area contributed by atoms with Gasteiger partial charge in [-0.2, -0.15) is 0 Å². The summed E-state index contributed by atoms with van der Waals surface area (Å²) >= 11 is 5.85. The van der Waals surface area contributed by atoms with Crippen molar-refractivity contribution in [2.45, 2.75) is 45.6 Å². The number of nitrogens with one attached hydrogen (secondary N) is 2. The van der Waals surface area contributed by atoms with Gasteiger partial charge < -0.3 is 10.6 Å². The lowest BCUT2D eigenvalue weighted by atomic mass is 9.95. The lowest BCUT2D eigenvalue weighted by Crippen LogP contribution is -2.48. The Morgan fingerprint density at radius 1 is 1.35 bits per heavy atom. The molecule has 2 N–H and O–H groups in total. The zero-order valence-electron chi connectivity index (χ0n) is 15.4. The largest absolute Gasteiger partial charge is 0.356 e. The van der Waals surface area contributed by atoms with Crippen molar-refractivity contribution in [2.75, 3.05) is 25.0 Å². The summed E-state index contributed by atoms with van der Waals surface area (Å²) < 4.78 is 13.8. The minimum atomic E-state index is -0.516. The van der Waals surface area contributed by atoms with E-state index >= 15 is 0 Å². The second-order valence-corrected chi connectivity index (χ2v) is 7.18. The summed E-state index contributed by atoms with van der Waals surface area (Å²) in [5.74, 6) is -0.686. The molecule has 0 radical (unpaired) electrons. The SMILES string of the molecule is CCCCNC(=O)C1CCN(C(C)C(=O)Nc2cc(Cl)ccc2F)CC1. The first kappa shape index (κ1) is 20.6. The molecule has 26 heavy (non-hydrogen) atoms. The maximum Gasteiger partial charge on any atom is 0.241 e. The molecule has 144 valence electrons. The highest BCUT2D eigenvalue weighted by atomic mass is 35.5. The van der Waals surface area contributed by atoms with Crippen LogP contribution in [-0.2, 0) is 9.59 Å². The molecular formula is C19H27ClFN3O2. The Hall–Kier alpha value is -1.66. The maximum atomic E-state index is 13.8. The van der Waals surface area contributed by atoms with Crippen LogP contribution in [0.4, 0.5) is 10.1 Å². The van der Waals surface area contributed by atoms with Crippen LogP contribution in [0.1, 0.15) is 39.5 Å². The van der Waals surface area contributed by atoms with Gasteiger partial charge in [0.25, 0.3) is 0 Å². The van der Waals surface area contributed by atoms with E-state index in [1.165, 1.54) is 18.2 Å². The summed E-state index contributed by atoms with van der Waals surface area (Å²) in [6, 6.07) is 3.66. The zero-order valence-corrected chi connectivity index (χ0v) is 16.1. The van der Waals surface area contributed by atoms with Gasteiger partial charge in [0.1, 0.15) is 5.82 Å². The second kappa shape index (κ2) is 9.88. The van der Waals surface area contributed by atoms with Gasteiger partial charge >= 0.3 is 0 Å². The Labute approximate surface area is 159 Å². The Kier molecular flexibility index (Phi) is 7.85. The van der Waals surface area contributed by atoms with E-state index in [-0.39, 0.29) is 23.4 Å². The third-order valence-electron chi connectivity index (χ3n) is 4.84. The number of benzene rings is 1. The Morgan fingerprint density at radius 3 is 2.69 bits per heavy atom. The standard InChI is InChI=1S/C19H27ClFN3O2/c1-3-4-9-22-19(26)14-7-10-24(11-8-14)13(2)18(25)23-17-12-15(20)5-6-16(17)21/h5-6,12-14H,3-4,7-11H2,1-2H3,(H,22,26)(H,23,25). The van der Waals surface area contributed by atoms with Crippen LogP contribution < -0.4 is 10.6 Å². The van der Waals surface area contributed by atoms with Crippen LogP contribution in [0.25, 0.3) is 0 Å². The molecule has 1 aromatic rings. The molecule has 5 nitrogen and oxygen atoms in total. The number of carbonyl (C=O) groups is 2. The smallest absolute Gasteiger partial charge is 0.241 e. The van der Waals surface area contributed by atoms with Gasteiger partial charge in [-0.15, -0.1) is 0 Å². The average molecular weight is 384 g/mol. The Bertz CT molecular complexity index is 633. The fraction of sp³-hybridized carbons (Fsp3) is 0.579. The van der Waals surface area contributed by atoms with E-state index in [0.717, 1.165) is 32.2 Å². The maximum absolute atomic E-state index is 13.8. The molecule has 0 spiro atoms. The third-order valence-corrected chi connectivity index (χ3v) is 5.08. The van der Waals surface area contributed by atoms with Crippen LogP contribution in [0.15, 0.2) is 18.2 Å². The predicted molar refractivity (Wildman–Crippen MR) is 102 cm³/mol. The summed E-state index contributed by atoms with van der Waals surface area (Å²) in [5.41, 5.74) is 0.0829. The van der Waals surface area contributed by atoms with E-state index in [9.17, 15) is 14.0 Å². The quantitative estimate of drug-likeness (QED) is 0.709. The summed E-state index contributed by atoms with van der Waals surface area (Å²) in [6.45, 7) is 5.93. The molecule has 2 amide bonds. The van der Waals surface area contributed by atoms with Crippen molar-refractivity contribution in [2.24, 2.45) is 5.92 Å². The van der Waals surface area contributed by atoms with Crippen LogP contribution in [-0.4, -0.2) is 42.4 Å². The van der Waals surface area contributed by atoms with Crippen molar-refractivity contribution in [3.63, 3.8) is 0 Å². The van der Waals surface area contributed by atoms with E-state index in [2.05, 4.69) is 17.6 Å². The number of amides is 2. The molecule has 0 bridgehead atoms. The molecular weight excluding hydrogens is 357 g/mol. The number of hydrogen-bond acceptors (Lipinski definition) is 3. The molecule has 7 heteroatoms. The van der Waals surface area contributed by atoms with Gasteiger partial charge in [0.15, 0.2) is 0 Å². The van der Waals surface area contributed by atoms with Crippen molar-refractivity contribution >= 4 is 29.1 Å². The minimum absolute atomic E-state index is 0.00346. The monoisotopic (exact) mass is 383 g/mol. The first-order chi connectivity index (χ1) is 12.4. The van der Waals surface area contributed by atoms with Crippen LogP contribution in [0.5, 0.6) is 0 Å². The highest BCUT2D eigenvalue weighted by Crippen LogP contribution is 2.22. The van der Waals surface area contributed by atoms with E-state index in [1.807, 2.05) is 4.90 Å². The molecule has 0 aromatic heterocycles. The second-order valence-electron chi connectivity index (χ2n) is 6.74. The fourth-order valence-corrected chi connectivity index (χ4v) is 3.25. The molecule has 2 rings (SSSR count). The molecule has 1 saturated heterocycles. The highest BCUT2D eigenvalue weighted by molar-refractivity contribution is 6.30. The number of hydrogen-bond donors (Lipinski definition) is 2. The Balaban J connectivity index is 1.83. The van der Waals surface area contributed by atoms with Gasteiger partial charge in [-0.1, -0.05) is 24.9 Å². The molecule has 0 aliphatic carbocycles. The van der Waals surface area contributed by atoms with E-state index < -0.39 is 11.9 Å². The molecule has 1 aliphatic heterocycles. The lowest BCUT2D eigenvalue weighted by molar-refractivity contribution is -0.127. The van der Waals surface area contributed by atoms with Crippen molar-refractivity contribution in [1.29, 1.82) is 0 Å². The number of piperidine rings is 1. The molecule has 0 saturated carbocycles. The number of carbonyl (C=O) groups excluding carboxylic acids is 2. The molecule has 1 aliphatic rings. The molecule has 1 unspecified atom stereocenters. The lowest BCUT2D eigenvalue weighted by Gasteiger charge is -2.34.